The molecule has 4 nitrogen and oxygen atoms in total. The highest BCUT2D eigenvalue weighted by molar-refractivity contribution is 6.54. The summed E-state index contributed by atoms with van der Waals surface area (Å²) in [6, 6.07) is 8.06. The molecule has 0 heterocycles. The number of hydrogen-bond acceptors (Lipinski definition) is 3. The van der Waals surface area contributed by atoms with Gasteiger partial charge in [-0.2, -0.15) is 0 Å². The molecule has 0 bridgehead atoms. The number of nitrogens with one attached hydrogen (secondary N) is 1. The number of rotatable bonds is 8. The number of amides is 1. The van der Waals surface area contributed by atoms with E-state index in [-0.39, 0.29) is 49.1 Å². The lowest BCUT2D eigenvalue weighted by Crippen LogP contribution is -2.18. The van der Waals surface area contributed by atoms with Crippen molar-refractivity contribution in [3.63, 3.8) is 0 Å². The summed E-state index contributed by atoms with van der Waals surface area (Å²) in [5, 5.41) is 3.25. The first-order valence-corrected chi connectivity index (χ1v) is 14.0. The number of aryl methyl sites for hydroxylation is 1. The molecule has 40 heavy (non-hydrogen) atoms. The highest BCUT2D eigenvalue weighted by Gasteiger charge is 2.67. The number of carbonyl (C=O) groups excluding carboxylic acids is 3. The predicted molar refractivity (Wildman–Crippen MR) is 156 cm³/mol. The third-order valence-electron chi connectivity index (χ3n) is 6.57. The van der Waals surface area contributed by atoms with Crippen molar-refractivity contribution in [2.45, 2.75) is 36.9 Å². The van der Waals surface area contributed by atoms with Crippen LogP contribution in [0.4, 0.5) is 14.5 Å². The Morgan fingerprint density at radius 3 is 2.15 bits per heavy atom. The van der Waals surface area contributed by atoms with Crippen molar-refractivity contribution in [3.8, 4) is 0 Å². The first-order chi connectivity index (χ1) is 18.6. The maximum absolute atomic E-state index is 14.9. The number of benzene rings is 3. The zero-order valence-electron chi connectivity index (χ0n) is 20.8. The molecule has 1 saturated carbocycles. The molecule has 0 radical (unpaired) electrons. The van der Waals surface area contributed by atoms with Gasteiger partial charge in [0.2, 0.25) is 5.91 Å². The van der Waals surface area contributed by atoms with Crippen LogP contribution in [0.15, 0.2) is 36.4 Å². The first-order valence-electron chi connectivity index (χ1n) is 11.7. The Morgan fingerprint density at radius 1 is 0.925 bits per heavy atom. The van der Waals surface area contributed by atoms with Crippen molar-refractivity contribution in [2.75, 3.05) is 5.32 Å². The summed E-state index contributed by atoms with van der Waals surface area (Å²) in [7, 11) is 0. The van der Waals surface area contributed by atoms with Crippen LogP contribution in [0.25, 0.3) is 0 Å². The van der Waals surface area contributed by atoms with Gasteiger partial charge in [0.25, 0.3) is 0 Å². The minimum absolute atomic E-state index is 0.0205. The molecule has 0 spiro atoms. The summed E-state index contributed by atoms with van der Waals surface area (Å²) in [4.78, 5) is 37.8. The van der Waals surface area contributed by atoms with Crippen LogP contribution in [0.3, 0.4) is 0 Å². The van der Waals surface area contributed by atoms with E-state index >= 15 is 0 Å². The molecular weight excluding hydrogens is 649 g/mol. The lowest BCUT2D eigenvalue weighted by atomic mass is 9.97. The molecule has 1 aliphatic rings. The minimum Gasteiger partial charge on any atom is -0.326 e. The number of anilines is 1. The third kappa shape index (κ3) is 6.13. The third-order valence-corrected chi connectivity index (χ3v) is 9.21. The Balaban J connectivity index is 1.58. The number of alkyl halides is 2. The van der Waals surface area contributed by atoms with Gasteiger partial charge in [-0.25, -0.2) is 8.78 Å². The van der Waals surface area contributed by atoms with E-state index in [0.29, 0.717) is 11.1 Å². The van der Waals surface area contributed by atoms with Gasteiger partial charge < -0.3 is 5.32 Å². The van der Waals surface area contributed by atoms with Gasteiger partial charge >= 0.3 is 0 Å². The molecule has 1 aliphatic carbocycles. The lowest BCUT2D eigenvalue weighted by molar-refractivity contribution is -0.117. The summed E-state index contributed by atoms with van der Waals surface area (Å²) in [5.41, 5.74) is 0.585. The second kappa shape index (κ2) is 11.7. The van der Waals surface area contributed by atoms with Crippen LogP contribution in [0, 0.1) is 24.5 Å². The predicted octanol–water partition coefficient (Wildman–Crippen LogP) is 8.97. The van der Waals surface area contributed by atoms with Crippen molar-refractivity contribution < 1.29 is 23.2 Å². The largest absolute Gasteiger partial charge is 0.326 e. The Bertz CT molecular complexity index is 1550. The molecular formula is C28H19Cl6F2NO3. The van der Waals surface area contributed by atoms with Crippen molar-refractivity contribution in [1.82, 2.24) is 0 Å². The minimum atomic E-state index is -1.47. The van der Waals surface area contributed by atoms with Crippen LogP contribution in [0.2, 0.25) is 20.1 Å². The number of hydrogen-bond donors (Lipinski definition) is 1. The lowest BCUT2D eigenvalue weighted by Gasteiger charge is -2.13. The van der Waals surface area contributed by atoms with Crippen LogP contribution in [-0.2, 0) is 22.4 Å². The van der Waals surface area contributed by atoms with E-state index in [4.69, 9.17) is 69.6 Å². The fourth-order valence-corrected chi connectivity index (χ4v) is 6.21. The maximum Gasteiger partial charge on any atom is 0.231 e. The quantitative estimate of drug-likeness (QED) is 0.148. The fourth-order valence-electron chi connectivity index (χ4n) is 4.56. The zero-order valence-corrected chi connectivity index (χ0v) is 25.3. The van der Waals surface area contributed by atoms with E-state index in [2.05, 4.69) is 5.32 Å². The van der Waals surface area contributed by atoms with Gasteiger partial charge in [-0.15, -0.1) is 23.2 Å². The van der Waals surface area contributed by atoms with Crippen molar-refractivity contribution >= 4 is 92.8 Å². The van der Waals surface area contributed by atoms with E-state index in [1.165, 1.54) is 31.2 Å². The molecule has 4 rings (SSSR count). The summed E-state index contributed by atoms with van der Waals surface area (Å²) >= 11 is 37.5. The molecule has 1 amide bonds. The fraction of sp³-hybridized carbons (Fsp3) is 0.250. The standard InChI is InChI=1S/C28H19Cl6F2NO3/c1-11-5-15(37-27(40)23-22(28(23,33)34)14-7-18(29)25(32)19(30)8-14)9-17(24(11)31)21(39)10-16-20(35)4-3-13(26(16)36)6-12(2)38/h3-5,7-9,22-23H,6,10H2,1-2H3,(H,37,40)/t22-,23+/m0/s1. The van der Waals surface area contributed by atoms with Crippen LogP contribution < -0.4 is 5.32 Å². The van der Waals surface area contributed by atoms with E-state index in [9.17, 15) is 23.2 Å². The molecule has 0 aromatic heterocycles. The van der Waals surface area contributed by atoms with E-state index in [1.54, 1.807) is 6.92 Å². The summed E-state index contributed by atoms with van der Waals surface area (Å²) in [5.74, 6) is -5.01. The smallest absolute Gasteiger partial charge is 0.231 e. The molecule has 2 atom stereocenters. The summed E-state index contributed by atoms with van der Waals surface area (Å²) in [6.07, 6.45) is -0.900. The average Bonchev–Trinajstić information content (AvgIpc) is 3.45. The molecule has 12 heteroatoms. The van der Waals surface area contributed by atoms with Crippen LogP contribution >= 0.6 is 69.6 Å². The number of halogens is 8. The summed E-state index contributed by atoms with van der Waals surface area (Å²) in [6.45, 7) is 2.88. The molecule has 0 saturated heterocycles. The average molecular weight is 668 g/mol. The topological polar surface area (TPSA) is 63.2 Å². The SMILES string of the molecule is CC(=O)Cc1ccc(F)c(CC(=O)c2cc(NC(=O)[C@H]3[C@H](c4cc(Cl)c(Cl)c(Cl)c4)C3(Cl)Cl)cc(C)c2Cl)c1F. The van der Waals surface area contributed by atoms with E-state index in [1.807, 2.05) is 0 Å². The zero-order chi connectivity index (χ0) is 29.7. The molecule has 0 aliphatic heterocycles. The second-order valence-electron chi connectivity index (χ2n) is 9.55. The number of carbonyl (C=O) groups is 3. The van der Waals surface area contributed by atoms with Gasteiger partial charge in [0.15, 0.2) is 5.78 Å². The Labute approximate surface area is 258 Å². The molecule has 3 aromatic carbocycles. The monoisotopic (exact) mass is 665 g/mol. The molecule has 210 valence electrons. The van der Waals surface area contributed by atoms with E-state index in [0.717, 1.165) is 12.1 Å². The Kier molecular flexibility index (Phi) is 9.11. The van der Waals surface area contributed by atoms with Gasteiger partial charge in [-0.05, 0) is 60.9 Å². The van der Waals surface area contributed by atoms with E-state index < -0.39 is 51.5 Å². The van der Waals surface area contributed by atoms with Gasteiger partial charge in [-0.1, -0.05) is 52.5 Å². The van der Waals surface area contributed by atoms with Crippen molar-refractivity contribution in [1.29, 1.82) is 0 Å². The Hall–Kier alpha value is -1.93. The van der Waals surface area contributed by atoms with Crippen molar-refractivity contribution in [2.24, 2.45) is 5.92 Å². The van der Waals surface area contributed by atoms with Crippen LogP contribution in [-0.4, -0.2) is 21.8 Å². The number of ketones is 2. The number of Topliss-reactive ketones (excluding diaryl/α,β-unsaturated/α-hetero) is 2. The molecule has 1 fully saturated rings. The molecule has 0 unspecified atom stereocenters. The molecule has 3 aromatic rings. The van der Waals surface area contributed by atoms with Gasteiger partial charge in [0.05, 0.1) is 26.0 Å². The van der Waals surface area contributed by atoms with Gasteiger partial charge in [0, 0.05) is 35.6 Å². The van der Waals surface area contributed by atoms with Crippen LogP contribution in [0.5, 0.6) is 0 Å². The highest BCUT2D eigenvalue weighted by atomic mass is 35.5. The van der Waals surface area contributed by atoms with Gasteiger partial charge in [-0.3, -0.25) is 14.4 Å². The molecule has 1 N–H and O–H groups in total. The second-order valence-corrected chi connectivity index (χ2v) is 12.6. The highest BCUT2D eigenvalue weighted by Crippen LogP contribution is 2.65. The Morgan fingerprint density at radius 2 is 1.55 bits per heavy atom. The maximum atomic E-state index is 14.9. The normalized spacial score (nSPS) is 17.4. The summed E-state index contributed by atoms with van der Waals surface area (Å²) < 4.78 is 27.9. The van der Waals surface area contributed by atoms with Gasteiger partial charge in [0.1, 0.15) is 21.8 Å². The van der Waals surface area contributed by atoms with Crippen molar-refractivity contribution in [3.05, 3.63) is 95.9 Å². The van der Waals surface area contributed by atoms with Crippen LogP contribution in [0.1, 0.15) is 45.5 Å². The first kappa shape index (κ1) is 31.0.